The third-order valence-electron chi connectivity index (χ3n) is 7.25. The standard InChI is InChI=1S/C25H34BF3N4O5/c1-24(2,33-11-10-25(28,29)16-33)9-8-18(13-30)22(34)32-14-19(27)20(15-32)38-23(35)31-21(26(36)37)12-17-6-4-3-5-7-17/h3-7,18-21,36-37H,8-12,14-16H2,1-2H3,(H,31,35)/t18?,19-,20-,21-/m0/s1. The molecule has 9 nitrogen and oxygen atoms in total. The highest BCUT2D eigenvalue weighted by atomic mass is 19.3. The Morgan fingerprint density at radius 3 is 2.55 bits per heavy atom. The Labute approximate surface area is 220 Å². The van der Waals surface area contributed by atoms with Crippen LogP contribution < -0.4 is 5.32 Å². The number of nitriles is 1. The second-order valence-corrected chi connectivity index (χ2v) is 10.6. The number of amides is 2. The third-order valence-corrected chi connectivity index (χ3v) is 7.25. The van der Waals surface area contributed by atoms with E-state index in [1.54, 1.807) is 49.1 Å². The molecule has 2 saturated heterocycles. The SMILES string of the molecule is CC(C)(CCC(C#N)C(=O)N1C[C@H](OC(=O)N[C@@H](Cc2ccccc2)B(O)O)[C@@H](F)C1)N1CCC(F)(F)C1. The first-order chi connectivity index (χ1) is 17.8. The zero-order valence-corrected chi connectivity index (χ0v) is 21.5. The van der Waals surface area contributed by atoms with Gasteiger partial charge in [-0.25, -0.2) is 18.0 Å². The minimum absolute atomic E-state index is 0.0945. The molecule has 0 bridgehead atoms. The minimum Gasteiger partial charge on any atom is -0.441 e. The van der Waals surface area contributed by atoms with E-state index in [-0.39, 0.29) is 45.4 Å². The Balaban J connectivity index is 1.52. The fraction of sp³-hybridized carbons (Fsp3) is 0.640. The van der Waals surface area contributed by atoms with Crippen molar-refractivity contribution in [3.8, 4) is 6.07 Å². The number of alkyl halides is 3. The number of rotatable bonds is 10. The molecule has 1 unspecified atom stereocenters. The van der Waals surface area contributed by atoms with Gasteiger partial charge < -0.3 is 25.0 Å². The summed E-state index contributed by atoms with van der Waals surface area (Å²) in [6.07, 6.45) is -3.77. The van der Waals surface area contributed by atoms with Gasteiger partial charge in [-0.3, -0.25) is 9.69 Å². The zero-order valence-electron chi connectivity index (χ0n) is 21.5. The first-order valence-electron chi connectivity index (χ1n) is 12.6. The number of likely N-dealkylation sites (tertiary alicyclic amines) is 2. The van der Waals surface area contributed by atoms with Gasteiger partial charge in [0, 0.05) is 18.5 Å². The summed E-state index contributed by atoms with van der Waals surface area (Å²) < 4.78 is 47.1. The van der Waals surface area contributed by atoms with Gasteiger partial charge in [0.05, 0.1) is 31.6 Å². The van der Waals surface area contributed by atoms with Gasteiger partial charge in [-0.1, -0.05) is 30.3 Å². The minimum atomic E-state index is -2.76. The molecule has 1 aromatic carbocycles. The van der Waals surface area contributed by atoms with Crippen LogP contribution in [0, 0.1) is 17.2 Å². The lowest BCUT2D eigenvalue weighted by Gasteiger charge is -2.36. The molecule has 13 heteroatoms. The van der Waals surface area contributed by atoms with Gasteiger partial charge in [0.15, 0.2) is 12.3 Å². The van der Waals surface area contributed by atoms with E-state index < -0.39 is 54.7 Å². The van der Waals surface area contributed by atoms with E-state index in [4.69, 9.17) is 4.74 Å². The highest BCUT2D eigenvalue weighted by Gasteiger charge is 2.45. The Bertz CT molecular complexity index is 1010. The number of alkyl carbamates (subject to hydrolysis) is 1. The van der Waals surface area contributed by atoms with Gasteiger partial charge in [-0.15, -0.1) is 0 Å². The number of hydrogen-bond donors (Lipinski definition) is 3. The molecule has 3 N–H and O–H groups in total. The van der Waals surface area contributed by atoms with Crippen molar-refractivity contribution in [1.29, 1.82) is 5.26 Å². The molecule has 2 aliphatic heterocycles. The van der Waals surface area contributed by atoms with Crippen molar-refractivity contribution in [2.24, 2.45) is 5.92 Å². The van der Waals surface area contributed by atoms with E-state index in [1.165, 1.54) is 0 Å². The van der Waals surface area contributed by atoms with E-state index in [1.807, 2.05) is 6.07 Å². The van der Waals surface area contributed by atoms with Crippen LogP contribution in [0.2, 0.25) is 0 Å². The first kappa shape index (κ1) is 29.7. The number of nitrogens with one attached hydrogen (secondary N) is 1. The Hall–Kier alpha value is -2.82. The first-order valence-corrected chi connectivity index (χ1v) is 12.6. The molecule has 0 saturated carbocycles. The molecule has 0 aromatic heterocycles. The predicted octanol–water partition coefficient (Wildman–Crippen LogP) is 1.92. The molecule has 3 rings (SSSR count). The molecular formula is C25H34BF3N4O5. The van der Waals surface area contributed by atoms with Crippen LogP contribution in [-0.4, -0.2) is 94.8 Å². The monoisotopic (exact) mass is 538 g/mol. The Morgan fingerprint density at radius 2 is 1.97 bits per heavy atom. The van der Waals surface area contributed by atoms with Crippen LogP contribution in [0.15, 0.2) is 30.3 Å². The fourth-order valence-corrected chi connectivity index (χ4v) is 4.82. The molecule has 2 amide bonds. The second-order valence-electron chi connectivity index (χ2n) is 10.6. The van der Waals surface area contributed by atoms with Crippen LogP contribution in [0.4, 0.5) is 18.0 Å². The summed E-state index contributed by atoms with van der Waals surface area (Å²) in [7, 11) is -1.89. The molecule has 4 atom stereocenters. The van der Waals surface area contributed by atoms with Crippen LogP contribution in [0.25, 0.3) is 0 Å². The van der Waals surface area contributed by atoms with Crippen molar-refractivity contribution in [1.82, 2.24) is 15.1 Å². The summed E-state index contributed by atoms with van der Waals surface area (Å²) in [5, 5.41) is 31.2. The van der Waals surface area contributed by atoms with Gasteiger partial charge >= 0.3 is 13.2 Å². The Morgan fingerprint density at radius 1 is 1.29 bits per heavy atom. The normalized spacial score (nSPS) is 22.9. The lowest BCUT2D eigenvalue weighted by atomic mass is 9.76. The maximum atomic E-state index is 14.7. The Kier molecular flexibility index (Phi) is 9.67. The van der Waals surface area contributed by atoms with Gasteiger partial charge in [-0.05, 0) is 38.7 Å². The highest BCUT2D eigenvalue weighted by molar-refractivity contribution is 6.43. The molecule has 2 fully saturated rings. The van der Waals surface area contributed by atoms with Crippen LogP contribution in [0.3, 0.4) is 0 Å². The number of halogens is 3. The van der Waals surface area contributed by atoms with Crippen LogP contribution in [-0.2, 0) is 16.0 Å². The number of hydrogen-bond acceptors (Lipinski definition) is 7. The van der Waals surface area contributed by atoms with Gasteiger partial charge in [0.25, 0.3) is 5.92 Å². The van der Waals surface area contributed by atoms with Gasteiger partial charge in [0.1, 0.15) is 5.92 Å². The van der Waals surface area contributed by atoms with E-state index in [0.29, 0.717) is 6.42 Å². The summed E-state index contributed by atoms with van der Waals surface area (Å²) in [6, 6.07) is 10.7. The molecule has 2 heterocycles. The van der Waals surface area contributed by atoms with E-state index in [9.17, 15) is 38.1 Å². The van der Waals surface area contributed by atoms with Crippen molar-refractivity contribution in [3.63, 3.8) is 0 Å². The summed E-state index contributed by atoms with van der Waals surface area (Å²) in [6.45, 7) is 2.79. The van der Waals surface area contributed by atoms with Gasteiger partial charge in [0.2, 0.25) is 5.91 Å². The number of carbonyl (C=O) groups is 2. The molecule has 208 valence electrons. The van der Waals surface area contributed by atoms with Crippen molar-refractivity contribution < 1.29 is 37.5 Å². The molecule has 0 radical (unpaired) electrons. The van der Waals surface area contributed by atoms with Gasteiger partial charge in [-0.2, -0.15) is 5.26 Å². The lowest BCUT2D eigenvalue weighted by molar-refractivity contribution is -0.133. The molecule has 0 aliphatic carbocycles. The lowest BCUT2D eigenvalue weighted by Crippen LogP contribution is -2.49. The zero-order chi connectivity index (χ0) is 28.1. The van der Waals surface area contributed by atoms with E-state index >= 15 is 0 Å². The van der Waals surface area contributed by atoms with E-state index in [0.717, 1.165) is 10.5 Å². The maximum Gasteiger partial charge on any atom is 0.475 e. The van der Waals surface area contributed by atoms with Crippen molar-refractivity contribution in [3.05, 3.63) is 35.9 Å². The van der Waals surface area contributed by atoms with Crippen molar-refractivity contribution in [2.45, 2.75) is 69.2 Å². The summed E-state index contributed by atoms with van der Waals surface area (Å²) in [4.78, 5) is 28.1. The summed E-state index contributed by atoms with van der Waals surface area (Å²) in [5.74, 6) is -5.58. The second kappa shape index (κ2) is 12.4. The van der Waals surface area contributed by atoms with Crippen LogP contribution >= 0.6 is 0 Å². The fourth-order valence-electron chi connectivity index (χ4n) is 4.82. The maximum absolute atomic E-state index is 14.7. The van der Waals surface area contributed by atoms with Crippen molar-refractivity contribution >= 4 is 19.1 Å². The molecule has 2 aliphatic rings. The molecule has 1 aromatic rings. The topological polar surface area (TPSA) is 126 Å². The van der Waals surface area contributed by atoms with E-state index in [2.05, 4.69) is 5.32 Å². The molecular weight excluding hydrogens is 504 g/mol. The smallest absolute Gasteiger partial charge is 0.441 e. The van der Waals surface area contributed by atoms with Crippen LogP contribution in [0.5, 0.6) is 0 Å². The number of carbonyl (C=O) groups excluding carboxylic acids is 2. The highest BCUT2D eigenvalue weighted by Crippen LogP contribution is 2.34. The molecule has 38 heavy (non-hydrogen) atoms. The molecule has 0 spiro atoms. The predicted molar refractivity (Wildman–Crippen MR) is 133 cm³/mol. The summed E-state index contributed by atoms with van der Waals surface area (Å²) >= 11 is 0. The number of benzene rings is 1. The number of nitrogens with zero attached hydrogens (tertiary/aromatic N) is 3. The quantitative estimate of drug-likeness (QED) is 0.389. The average molecular weight is 538 g/mol. The number of ether oxygens (including phenoxy) is 1. The largest absolute Gasteiger partial charge is 0.475 e. The average Bonchev–Trinajstić information content (AvgIpc) is 3.41. The third kappa shape index (κ3) is 7.85. The van der Waals surface area contributed by atoms with Crippen LogP contribution in [0.1, 0.15) is 38.7 Å². The van der Waals surface area contributed by atoms with Crippen molar-refractivity contribution in [2.75, 3.05) is 26.2 Å². The summed E-state index contributed by atoms with van der Waals surface area (Å²) in [5.41, 5.74) is 0.0799.